The van der Waals surface area contributed by atoms with Crippen LogP contribution in [-0.2, 0) is 0 Å². The molecule has 4 heteroatoms. The molecule has 0 bridgehead atoms. The monoisotopic (exact) mass is 303 g/mol. The lowest BCUT2D eigenvalue weighted by Gasteiger charge is -2.48. The first-order chi connectivity index (χ1) is 7.59. The van der Waals surface area contributed by atoms with Gasteiger partial charge in [-0.15, -0.1) is 11.3 Å². The molecule has 1 heterocycles. The Kier molecular flexibility index (Phi) is 3.74. The number of nitrogens with zero attached hydrogens (tertiary/aromatic N) is 1. The van der Waals surface area contributed by atoms with Gasteiger partial charge in [0.1, 0.15) is 0 Å². The van der Waals surface area contributed by atoms with Crippen LogP contribution in [0.5, 0.6) is 0 Å². The minimum Gasteiger partial charge on any atom is -0.396 e. The van der Waals surface area contributed by atoms with Crippen molar-refractivity contribution in [2.24, 2.45) is 5.41 Å². The summed E-state index contributed by atoms with van der Waals surface area (Å²) in [6.07, 6.45) is 3.53. The maximum atomic E-state index is 9.69. The summed E-state index contributed by atoms with van der Waals surface area (Å²) < 4.78 is 1.15. The molecule has 0 amide bonds. The molecule has 1 saturated carbocycles. The summed E-state index contributed by atoms with van der Waals surface area (Å²) in [5, 5.41) is 11.8. The van der Waals surface area contributed by atoms with Gasteiger partial charge in [0.2, 0.25) is 0 Å². The van der Waals surface area contributed by atoms with Gasteiger partial charge in [0.25, 0.3) is 0 Å². The van der Waals surface area contributed by atoms with E-state index in [0.29, 0.717) is 12.6 Å². The molecular weight excluding hydrogens is 286 g/mol. The molecule has 1 N–H and O–H groups in total. The lowest BCUT2D eigenvalue weighted by Crippen LogP contribution is -2.45. The van der Waals surface area contributed by atoms with Crippen LogP contribution in [0.3, 0.4) is 0 Å². The molecule has 0 aromatic carbocycles. The normalized spacial score (nSPS) is 20.8. The average molecular weight is 304 g/mol. The summed E-state index contributed by atoms with van der Waals surface area (Å²) in [5.41, 5.74) is 0.0911. The molecule has 0 radical (unpaired) electrons. The third kappa shape index (κ3) is 2.08. The Balaban J connectivity index is 2.30. The Bertz CT molecular complexity index is 354. The fourth-order valence-corrected chi connectivity index (χ4v) is 4.50. The van der Waals surface area contributed by atoms with Crippen LogP contribution in [-0.4, -0.2) is 30.7 Å². The van der Waals surface area contributed by atoms with Crippen LogP contribution in [0, 0.1) is 5.41 Å². The van der Waals surface area contributed by atoms with E-state index in [4.69, 9.17) is 0 Å². The zero-order valence-corrected chi connectivity index (χ0v) is 12.1. The highest BCUT2D eigenvalue weighted by molar-refractivity contribution is 9.10. The SMILES string of the molecule is CN(C)C(c1cc(Br)cs1)C1(CO)CCC1. The molecule has 1 aromatic heterocycles. The summed E-state index contributed by atoms with van der Waals surface area (Å²) in [4.78, 5) is 3.60. The second kappa shape index (κ2) is 4.77. The Morgan fingerprint density at radius 3 is 2.56 bits per heavy atom. The van der Waals surface area contributed by atoms with Crippen molar-refractivity contribution >= 4 is 27.3 Å². The van der Waals surface area contributed by atoms with Crippen LogP contribution in [0.1, 0.15) is 30.2 Å². The van der Waals surface area contributed by atoms with E-state index in [1.54, 1.807) is 11.3 Å². The number of rotatable bonds is 4. The highest BCUT2D eigenvalue weighted by Gasteiger charge is 2.45. The second-order valence-electron chi connectivity index (χ2n) is 4.91. The predicted octanol–water partition coefficient (Wildman–Crippen LogP) is 3.28. The van der Waals surface area contributed by atoms with E-state index in [2.05, 4.69) is 46.4 Å². The number of thiophene rings is 1. The minimum absolute atomic E-state index is 0.0911. The fraction of sp³-hybridized carbons (Fsp3) is 0.667. The molecule has 1 aromatic rings. The molecule has 1 fully saturated rings. The fourth-order valence-electron chi connectivity index (χ4n) is 2.72. The summed E-state index contributed by atoms with van der Waals surface area (Å²) in [7, 11) is 4.21. The first-order valence-electron chi connectivity index (χ1n) is 5.60. The largest absolute Gasteiger partial charge is 0.396 e. The molecule has 90 valence electrons. The van der Waals surface area contributed by atoms with Crippen molar-refractivity contribution in [2.75, 3.05) is 20.7 Å². The second-order valence-corrected chi connectivity index (χ2v) is 6.77. The van der Waals surface area contributed by atoms with Gasteiger partial charge in [-0.05, 0) is 48.9 Å². The Hall–Kier alpha value is 0.1000. The molecule has 0 saturated heterocycles. The van der Waals surface area contributed by atoms with Crippen molar-refractivity contribution in [2.45, 2.75) is 25.3 Å². The highest BCUT2D eigenvalue weighted by Crippen LogP contribution is 2.53. The summed E-state index contributed by atoms with van der Waals surface area (Å²) in [5.74, 6) is 0. The van der Waals surface area contributed by atoms with Crippen molar-refractivity contribution in [3.8, 4) is 0 Å². The number of aliphatic hydroxyl groups is 1. The van der Waals surface area contributed by atoms with Gasteiger partial charge in [0.05, 0.1) is 12.6 Å². The van der Waals surface area contributed by atoms with E-state index in [9.17, 15) is 5.11 Å². The van der Waals surface area contributed by atoms with Gasteiger partial charge in [-0.2, -0.15) is 0 Å². The van der Waals surface area contributed by atoms with E-state index in [1.807, 2.05) is 0 Å². The smallest absolute Gasteiger partial charge is 0.0514 e. The molecule has 0 spiro atoms. The Morgan fingerprint density at radius 2 is 2.25 bits per heavy atom. The van der Waals surface area contributed by atoms with Crippen LogP contribution < -0.4 is 0 Å². The van der Waals surface area contributed by atoms with Crippen molar-refractivity contribution in [3.63, 3.8) is 0 Å². The molecule has 1 aliphatic carbocycles. The zero-order chi connectivity index (χ0) is 11.8. The van der Waals surface area contributed by atoms with Crippen molar-refractivity contribution in [1.29, 1.82) is 0 Å². The maximum absolute atomic E-state index is 9.69. The van der Waals surface area contributed by atoms with Gasteiger partial charge in [0, 0.05) is 20.1 Å². The van der Waals surface area contributed by atoms with Gasteiger partial charge in [-0.1, -0.05) is 6.42 Å². The van der Waals surface area contributed by atoms with Gasteiger partial charge in [0.15, 0.2) is 0 Å². The first-order valence-corrected chi connectivity index (χ1v) is 7.27. The lowest BCUT2D eigenvalue weighted by molar-refractivity contribution is -0.0294. The average Bonchev–Trinajstić information content (AvgIpc) is 2.57. The molecule has 1 atom stereocenters. The first kappa shape index (κ1) is 12.6. The Morgan fingerprint density at radius 1 is 1.56 bits per heavy atom. The molecule has 1 aliphatic rings. The van der Waals surface area contributed by atoms with Crippen LogP contribution in [0.25, 0.3) is 0 Å². The maximum Gasteiger partial charge on any atom is 0.0514 e. The van der Waals surface area contributed by atoms with Gasteiger partial charge >= 0.3 is 0 Å². The molecule has 2 rings (SSSR count). The quantitative estimate of drug-likeness (QED) is 0.923. The topological polar surface area (TPSA) is 23.5 Å². The lowest BCUT2D eigenvalue weighted by atomic mass is 9.64. The molecule has 0 aliphatic heterocycles. The van der Waals surface area contributed by atoms with E-state index in [0.717, 1.165) is 17.3 Å². The highest BCUT2D eigenvalue weighted by atomic mass is 79.9. The number of hydrogen-bond acceptors (Lipinski definition) is 3. The summed E-state index contributed by atoms with van der Waals surface area (Å²) in [6.45, 7) is 0.297. The van der Waals surface area contributed by atoms with Crippen LogP contribution >= 0.6 is 27.3 Å². The summed E-state index contributed by atoms with van der Waals surface area (Å²) in [6, 6.07) is 2.54. The third-order valence-corrected chi connectivity index (χ3v) is 5.36. The van der Waals surface area contributed by atoms with Crippen molar-refractivity contribution in [3.05, 3.63) is 20.8 Å². The summed E-state index contributed by atoms with van der Waals surface area (Å²) >= 11 is 5.29. The molecule has 1 unspecified atom stereocenters. The minimum atomic E-state index is 0.0911. The number of aliphatic hydroxyl groups excluding tert-OH is 1. The number of hydrogen-bond donors (Lipinski definition) is 1. The molecular formula is C12H18BrNOS. The van der Waals surface area contributed by atoms with Crippen molar-refractivity contribution < 1.29 is 5.11 Å². The van der Waals surface area contributed by atoms with E-state index >= 15 is 0 Å². The third-order valence-electron chi connectivity index (χ3n) is 3.62. The van der Waals surface area contributed by atoms with E-state index in [-0.39, 0.29) is 5.41 Å². The molecule has 2 nitrogen and oxygen atoms in total. The van der Waals surface area contributed by atoms with E-state index < -0.39 is 0 Å². The van der Waals surface area contributed by atoms with Gasteiger partial charge < -0.3 is 10.0 Å². The van der Waals surface area contributed by atoms with Crippen LogP contribution in [0.15, 0.2) is 15.9 Å². The zero-order valence-electron chi connectivity index (χ0n) is 9.74. The Labute approximate surface area is 109 Å². The van der Waals surface area contributed by atoms with Crippen LogP contribution in [0.2, 0.25) is 0 Å². The van der Waals surface area contributed by atoms with Gasteiger partial charge in [-0.3, -0.25) is 0 Å². The predicted molar refractivity (Wildman–Crippen MR) is 71.8 cm³/mol. The van der Waals surface area contributed by atoms with E-state index in [1.165, 1.54) is 11.3 Å². The molecule has 16 heavy (non-hydrogen) atoms. The number of halogens is 1. The van der Waals surface area contributed by atoms with Crippen LogP contribution in [0.4, 0.5) is 0 Å². The standard InChI is InChI=1S/C12H18BrNOS/c1-14(2)11(10-6-9(13)7-16-10)12(8-15)4-3-5-12/h6-7,11,15H,3-5,8H2,1-2H3. The van der Waals surface area contributed by atoms with Crippen molar-refractivity contribution in [1.82, 2.24) is 4.90 Å². The van der Waals surface area contributed by atoms with Gasteiger partial charge in [-0.25, -0.2) is 0 Å².